The molecule has 2 rings (SSSR count). The third-order valence-electron chi connectivity index (χ3n) is 4.35. The second kappa shape index (κ2) is 6.49. The minimum absolute atomic E-state index is 0.0752. The summed E-state index contributed by atoms with van der Waals surface area (Å²) < 4.78 is 13.5. The molecule has 2 N–H and O–H groups in total. The highest BCUT2D eigenvalue weighted by atomic mass is 19.1. The Kier molecular flexibility index (Phi) is 4.94. The average Bonchev–Trinajstić information content (AvgIpc) is 2.87. The topological polar surface area (TPSA) is 32.3 Å². The van der Waals surface area contributed by atoms with E-state index in [9.17, 15) is 4.39 Å². The van der Waals surface area contributed by atoms with E-state index >= 15 is 0 Å². The van der Waals surface area contributed by atoms with E-state index in [1.165, 1.54) is 18.9 Å². The van der Waals surface area contributed by atoms with Crippen molar-refractivity contribution < 1.29 is 9.50 Å². The number of benzene rings is 1. The Morgan fingerprint density at radius 2 is 2.11 bits per heavy atom. The van der Waals surface area contributed by atoms with E-state index in [4.69, 9.17) is 5.11 Å². The number of aliphatic hydroxyl groups is 1. The van der Waals surface area contributed by atoms with Crippen LogP contribution in [0.5, 0.6) is 0 Å². The van der Waals surface area contributed by atoms with Gasteiger partial charge < -0.3 is 10.4 Å². The summed E-state index contributed by atoms with van der Waals surface area (Å²) in [7, 11) is 0. The van der Waals surface area contributed by atoms with E-state index in [2.05, 4.69) is 12.2 Å². The quantitative estimate of drug-likeness (QED) is 0.828. The van der Waals surface area contributed by atoms with E-state index in [0.29, 0.717) is 6.04 Å². The summed E-state index contributed by atoms with van der Waals surface area (Å²) in [4.78, 5) is 0. The van der Waals surface area contributed by atoms with Crippen LogP contribution in [0.3, 0.4) is 0 Å². The fourth-order valence-electron chi connectivity index (χ4n) is 3.10. The van der Waals surface area contributed by atoms with Gasteiger partial charge in [0.15, 0.2) is 0 Å². The maximum atomic E-state index is 13.5. The van der Waals surface area contributed by atoms with Gasteiger partial charge in [0.1, 0.15) is 5.82 Å². The monoisotopic (exact) mass is 265 g/mol. The second-order valence-corrected chi connectivity index (χ2v) is 5.79. The molecule has 0 saturated heterocycles. The van der Waals surface area contributed by atoms with Crippen molar-refractivity contribution in [2.75, 3.05) is 13.2 Å². The largest absolute Gasteiger partial charge is 0.396 e. The molecule has 106 valence electrons. The van der Waals surface area contributed by atoms with Crippen molar-refractivity contribution in [1.82, 2.24) is 5.32 Å². The maximum Gasteiger partial charge on any atom is 0.123 e. The predicted octanol–water partition coefficient (Wildman–Crippen LogP) is 3.00. The predicted molar refractivity (Wildman–Crippen MR) is 75.7 cm³/mol. The highest BCUT2D eigenvalue weighted by Crippen LogP contribution is 2.40. The van der Waals surface area contributed by atoms with Gasteiger partial charge in [-0.3, -0.25) is 0 Å². The molecule has 0 spiro atoms. The Hall–Kier alpha value is -0.930. The molecule has 1 aliphatic rings. The van der Waals surface area contributed by atoms with Crippen LogP contribution in [-0.2, 0) is 5.41 Å². The Morgan fingerprint density at radius 1 is 1.37 bits per heavy atom. The number of nitrogens with one attached hydrogen (secondary N) is 1. The SMILES string of the molecule is C[C@H](CCO)NCC1(c2cccc(F)c2)CCCC1. The number of rotatable bonds is 6. The molecule has 1 aliphatic carbocycles. The van der Waals surface area contributed by atoms with Gasteiger partial charge in [0.25, 0.3) is 0 Å². The van der Waals surface area contributed by atoms with Gasteiger partial charge in [-0.25, -0.2) is 4.39 Å². The lowest BCUT2D eigenvalue weighted by Crippen LogP contribution is -2.40. The number of hydrogen-bond acceptors (Lipinski definition) is 2. The Bertz CT molecular complexity index is 401. The molecule has 0 aliphatic heterocycles. The average molecular weight is 265 g/mol. The lowest BCUT2D eigenvalue weighted by atomic mass is 9.78. The van der Waals surface area contributed by atoms with Crippen LogP contribution in [0.25, 0.3) is 0 Å². The first kappa shape index (κ1) is 14.5. The Morgan fingerprint density at radius 3 is 2.74 bits per heavy atom. The molecular formula is C16H24FNO. The van der Waals surface area contributed by atoms with Gasteiger partial charge in [0.2, 0.25) is 0 Å². The van der Waals surface area contributed by atoms with Crippen molar-refractivity contribution in [2.45, 2.75) is 50.5 Å². The van der Waals surface area contributed by atoms with Crippen molar-refractivity contribution in [2.24, 2.45) is 0 Å². The lowest BCUT2D eigenvalue weighted by Gasteiger charge is -2.31. The molecule has 1 aromatic rings. The molecule has 1 aromatic carbocycles. The molecule has 1 fully saturated rings. The Balaban J connectivity index is 2.09. The zero-order chi connectivity index (χ0) is 13.7. The second-order valence-electron chi connectivity index (χ2n) is 5.79. The highest BCUT2D eigenvalue weighted by Gasteiger charge is 2.35. The van der Waals surface area contributed by atoms with E-state index in [1.807, 2.05) is 12.1 Å². The Labute approximate surface area is 115 Å². The summed E-state index contributed by atoms with van der Waals surface area (Å²) in [5, 5.41) is 12.5. The van der Waals surface area contributed by atoms with E-state index in [1.54, 1.807) is 6.07 Å². The molecule has 0 radical (unpaired) electrons. The molecule has 0 heterocycles. The summed E-state index contributed by atoms with van der Waals surface area (Å²) in [6.45, 7) is 3.17. The summed E-state index contributed by atoms with van der Waals surface area (Å²) in [5.74, 6) is -0.146. The van der Waals surface area contributed by atoms with Crippen LogP contribution in [0.4, 0.5) is 4.39 Å². The standard InChI is InChI=1S/C16H24FNO/c1-13(7-10-19)18-12-16(8-2-3-9-16)14-5-4-6-15(17)11-14/h4-6,11,13,18-19H,2-3,7-10,12H2,1H3/t13-/m1/s1. The minimum Gasteiger partial charge on any atom is -0.396 e. The van der Waals surface area contributed by atoms with Crippen molar-refractivity contribution in [1.29, 1.82) is 0 Å². The van der Waals surface area contributed by atoms with Crippen LogP contribution in [0, 0.1) is 5.82 Å². The molecule has 3 heteroatoms. The van der Waals surface area contributed by atoms with Gasteiger partial charge in [-0.1, -0.05) is 25.0 Å². The molecule has 1 atom stereocenters. The molecule has 0 unspecified atom stereocenters. The summed E-state index contributed by atoms with van der Waals surface area (Å²) in [6, 6.07) is 7.35. The third-order valence-corrected chi connectivity index (χ3v) is 4.35. The van der Waals surface area contributed by atoms with Gasteiger partial charge in [0, 0.05) is 24.6 Å². The van der Waals surface area contributed by atoms with Crippen LogP contribution in [-0.4, -0.2) is 24.3 Å². The molecular weight excluding hydrogens is 241 g/mol. The summed E-state index contributed by atoms with van der Waals surface area (Å²) >= 11 is 0. The first-order valence-corrected chi connectivity index (χ1v) is 7.27. The lowest BCUT2D eigenvalue weighted by molar-refractivity contribution is 0.262. The zero-order valence-electron chi connectivity index (χ0n) is 11.7. The number of aliphatic hydroxyl groups excluding tert-OH is 1. The fourth-order valence-corrected chi connectivity index (χ4v) is 3.10. The van der Waals surface area contributed by atoms with Gasteiger partial charge in [-0.15, -0.1) is 0 Å². The third kappa shape index (κ3) is 3.54. The summed E-state index contributed by atoms with van der Waals surface area (Å²) in [5.41, 5.74) is 1.19. The molecule has 1 saturated carbocycles. The highest BCUT2D eigenvalue weighted by molar-refractivity contribution is 5.28. The smallest absolute Gasteiger partial charge is 0.123 e. The first-order valence-electron chi connectivity index (χ1n) is 7.27. The van der Waals surface area contributed by atoms with E-state index < -0.39 is 0 Å². The minimum atomic E-state index is -0.146. The molecule has 0 bridgehead atoms. The number of hydrogen-bond donors (Lipinski definition) is 2. The van der Waals surface area contributed by atoms with Crippen LogP contribution in [0.15, 0.2) is 24.3 Å². The van der Waals surface area contributed by atoms with Gasteiger partial charge in [-0.2, -0.15) is 0 Å². The van der Waals surface area contributed by atoms with E-state index in [-0.39, 0.29) is 17.8 Å². The van der Waals surface area contributed by atoms with Crippen molar-refractivity contribution in [3.05, 3.63) is 35.6 Å². The van der Waals surface area contributed by atoms with Crippen molar-refractivity contribution >= 4 is 0 Å². The summed E-state index contributed by atoms with van der Waals surface area (Å²) in [6.07, 6.45) is 5.43. The van der Waals surface area contributed by atoms with Crippen LogP contribution in [0.1, 0.15) is 44.6 Å². The van der Waals surface area contributed by atoms with Crippen molar-refractivity contribution in [3.63, 3.8) is 0 Å². The van der Waals surface area contributed by atoms with E-state index in [0.717, 1.165) is 31.4 Å². The van der Waals surface area contributed by atoms with Gasteiger partial charge in [-0.05, 0) is 43.9 Å². The molecule has 2 nitrogen and oxygen atoms in total. The molecule has 19 heavy (non-hydrogen) atoms. The van der Waals surface area contributed by atoms with Crippen LogP contribution < -0.4 is 5.32 Å². The molecule has 0 amide bonds. The zero-order valence-corrected chi connectivity index (χ0v) is 11.7. The molecule has 0 aromatic heterocycles. The maximum absolute atomic E-state index is 13.5. The van der Waals surface area contributed by atoms with Crippen molar-refractivity contribution in [3.8, 4) is 0 Å². The number of halogens is 1. The fraction of sp³-hybridized carbons (Fsp3) is 0.625. The first-order chi connectivity index (χ1) is 9.16. The normalized spacial score (nSPS) is 19.5. The van der Waals surface area contributed by atoms with Gasteiger partial charge >= 0.3 is 0 Å². The van der Waals surface area contributed by atoms with Crippen LogP contribution in [0.2, 0.25) is 0 Å². The van der Waals surface area contributed by atoms with Gasteiger partial charge in [0.05, 0.1) is 0 Å². The van der Waals surface area contributed by atoms with Crippen LogP contribution >= 0.6 is 0 Å².